The van der Waals surface area contributed by atoms with E-state index in [1.54, 1.807) is 12.1 Å². The molecule has 5 nitrogen and oxygen atoms in total. The van der Waals surface area contributed by atoms with E-state index in [-0.39, 0.29) is 27.1 Å². The molecule has 0 heterocycles. The summed E-state index contributed by atoms with van der Waals surface area (Å²) in [7, 11) is -2.88. The molecule has 0 radical (unpaired) electrons. The van der Waals surface area contributed by atoms with Crippen LogP contribution < -0.4 is 4.18 Å². The minimum atomic E-state index is -4.17. The van der Waals surface area contributed by atoms with Gasteiger partial charge in [-0.25, -0.2) is 0 Å². The fraction of sp³-hybridized carbons (Fsp3) is 0.133. The van der Waals surface area contributed by atoms with Crippen LogP contribution in [0.2, 0.25) is 10.0 Å². The number of methoxy groups -OCH3 is 1. The molecule has 8 heteroatoms. The molecule has 0 fully saturated rings. The Morgan fingerprint density at radius 2 is 1.61 bits per heavy atom. The first-order valence-electron chi connectivity index (χ1n) is 6.38. The lowest BCUT2D eigenvalue weighted by Crippen LogP contribution is -2.11. The molecule has 0 bridgehead atoms. The molecule has 2 rings (SSSR count). The third-order valence-corrected chi connectivity index (χ3v) is 5.08. The molecule has 0 aliphatic heterocycles. The zero-order valence-electron chi connectivity index (χ0n) is 12.0. The first-order chi connectivity index (χ1) is 10.8. The Labute approximate surface area is 143 Å². The molecule has 122 valence electrons. The van der Waals surface area contributed by atoms with Crippen LogP contribution >= 0.6 is 23.2 Å². The molecule has 0 atom stereocenters. The third-order valence-electron chi connectivity index (χ3n) is 2.87. The summed E-state index contributed by atoms with van der Waals surface area (Å²) in [5.74, 6) is -0.316. The summed E-state index contributed by atoms with van der Waals surface area (Å²) in [4.78, 5) is 10.9. The van der Waals surface area contributed by atoms with E-state index >= 15 is 0 Å². The molecule has 0 spiro atoms. The van der Waals surface area contributed by atoms with Crippen molar-refractivity contribution < 1.29 is 22.1 Å². The Kier molecular flexibility index (Phi) is 5.51. The Bertz CT molecular complexity index is 796. The van der Waals surface area contributed by atoms with Crippen LogP contribution in [0.15, 0.2) is 47.4 Å². The summed E-state index contributed by atoms with van der Waals surface area (Å²) in [5, 5.41) is -0.0559. The van der Waals surface area contributed by atoms with E-state index < -0.39 is 16.1 Å². The minimum absolute atomic E-state index is 0.0280. The number of hydrogen-bond donors (Lipinski definition) is 0. The Balaban J connectivity index is 2.23. The van der Waals surface area contributed by atoms with E-state index in [9.17, 15) is 13.2 Å². The fourth-order valence-electron chi connectivity index (χ4n) is 1.79. The van der Waals surface area contributed by atoms with Crippen molar-refractivity contribution in [2.45, 2.75) is 11.3 Å². The lowest BCUT2D eigenvalue weighted by atomic mass is 10.1. The van der Waals surface area contributed by atoms with E-state index in [2.05, 4.69) is 4.74 Å². The highest BCUT2D eigenvalue weighted by atomic mass is 35.5. The first kappa shape index (κ1) is 17.6. The standard InChI is InChI=1S/C15H12Cl2O5S/c1-21-14(18)9-10-5-7-11(8-6-10)22-23(19,20)15-12(16)3-2-4-13(15)17/h2-8H,9H2,1H3. The Hall–Kier alpha value is -1.76. The van der Waals surface area contributed by atoms with Gasteiger partial charge in [0.1, 0.15) is 10.6 Å². The van der Waals surface area contributed by atoms with Gasteiger partial charge in [0.2, 0.25) is 0 Å². The normalized spacial score (nSPS) is 11.1. The van der Waals surface area contributed by atoms with Crippen LogP contribution in [0.3, 0.4) is 0 Å². The maximum absolute atomic E-state index is 12.3. The van der Waals surface area contributed by atoms with Crippen LogP contribution in [0.5, 0.6) is 5.75 Å². The van der Waals surface area contributed by atoms with Crippen molar-refractivity contribution in [3.8, 4) is 5.75 Å². The maximum atomic E-state index is 12.3. The zero-order valence-corrected chi connectivity index (χ0v) is 14.3. The predicted molar refractivity (Wildman–Crippen MR) is 86.4 cm³/mol. The van der Waals surface area contributed by atoms with E-state index in [0.29, 0.717) is 5.56 Å². The maximum Gasteiger partial charge on any atom is 0.342 e. The highest BCUT2D eigenvalue weighted by Gasteiger charge is 2.23. The Morgan fingerprint density at radius 1 is 1.04 bits per heavy atom. The lowest BCUT2D eigenvalue weighted by Gasteiger charge is -2.10. The zero-order chi connectivity index (χ0) is 17.0. The number of carbonyl (C=O) groups excluding carboxylic acids is 1. The van der Waals surface area contributed by atoms with Crippen LogP contribution in [-0.4, -0.2) is 21.5 Å². The molecule has 23 heavy (non-hydrogen) atoms. The average molecular weight is 375 g/mol. The second-order valence-electron chi connectivity index (χ2n) is 4.49. The quantitative estimate of drug-likeness (QED) is 0.591. The van der Waals surface area contributed by atoms with Crippen LogP contribution in [0.4, 0.5) is 0 Å². The second-order valence-corrected chi connectivity index (χ2v) is 6.78. The van der Waals surface area contributed by atoms with Gasteiger partial charge in [0.05, 0.1) is 23.6 Å². The number of esters is 1. The molecular formula is C15H12Cl2O5S. The van der Waals surface area contributed by atoms with Gasteiger partial charge in [0.15, 0.2) is 0 Å². The van der Waals surface area contributed by atoms with E-state index in [0.717, 1.165) is 0 Å². The van der Waals surface area contributed by atoms with Crippen LogP contribution in [-0.2, 0) is 26.1 Å². The summed E-state index contributed by atoms with van der Waals surface area (Å²) in [6.45, 7) is 0. The summed E-state index contributed by atoms with van der Waals surface area (Å²) in [5.41, 5.74) is 0.664. The van der Waals surface area contributed by atoms with Gasteiger partial charge in [-0.05, 0) is 29.8 Å². The van der Waals surface area contributed by atoms with E-state index in [1.165, 1.54) is 37.4 Å². The van der Waals surface area contributed by atoms with Crippen molar-refractivity contribution in [3.05, 3.63) is 58.1 Å². The van der Waals surface area contributed by atoms with Gasteiger partial charge >= 0.3 is 16.1 Å². The van der Waals surface area contributed by atoms with Crippen molar-refractivity contribution in [1.29, 1.82) is 0 Å². The van der Waals surface area contributed by atoms with Gasteiger partial charge in [-0.1, -0.05) is 41.4 Å². The first-order valence-corrected chi connectivity index (χ1v) is 8.54. The SMILES string of the molecule is COC(=O)Cc1ccc(OS(=O)(=O)c2c(Cl)cccc2Cl)cc1. The fourth-order valence-corrected chi connectivity index (χ4v) is 3.82. The molecule has 0 saturated heterocycles. The molecule has 2 aromatic rings. The number of benzene rings is 2. The lowest BCUT2D eigenvalue weighted by molar-refractivity contribution is -0.139. The van der Waals surface area contributed by atoms with Crippen molar-refractivity contribution in [2.75, 3.05) is 7.11 Å². The number of halogens is 2. The molecular weight excluding hydrogens is 363 g/mol. The monoisotopic (exact) mass is 374 g/mol. The predicted octanol–water partition coefficient (Wildman–Crippen LogP) is 3.48. The third kappa shape index (κ3) is 4.37. The van der Waals surface area contributed by atoms with Gasteiger partial charge < -0.3 is 8.92 Å². The Morgan fingerprint density at radius 3 is 2.13 bits per heavy atom. The number of ether oxygens (including phenoxy) is 1. The van der Waals surface area contributed by atoms with Crippen LogP contribution in [0.1, 0.15) is 5.56 Å². The smallest absolute Gasteiger partial charge is 0.342 e. The van der Waals surface area contributed by atoms with Crippen LogP contribution in [0.25, 0.3) is 0 Å². The summed E-state index contributed by atoms with van der Waals surface area (Å²) < 4.78 is 34.2. The molecule has 0 unspecified atom stereocenters. The molecule has 0 aliphatic carbocycles. The molecule has 0 aromatic heterocycles. The largest absolute Gasteiger partial charge is 0.469 e. The number of carbonyl (C=O) groups is 1. The van der Waals surface area contributed by atoms with Crippen molar-refractivity contribution in [2.24, 2.45) is 0 Å². The number of rotatable bonds is 5. The molecule has 0 aliphatic rings. The van der Waals surface area contributed by atoms with Gasteiger partial charge in [-0.2, -0.15) is 8.42 Å². The average Bonchev–Trinajstić information content (AvgIpc) is 2.48. The van der Waals surface area contributed by atoms with Gasteiger partial charge in [-0.3, -0.25) is 4.79 Å². The molecule has 0 amide bonds. The minimum Gasteiger partial charge on any atom is -0.469 e. The van der Waals surface area contributed by atoms with E-state index in [1.807, 2.05) is 0 Å². The molecule has 0 saturated carbocycles. The summed E-state index contributed by atoms with van der Waals surface area (Å²) >= 11 is 11.8. The highest BCUT2D eigenvalue weighted by Crippen LogP contribution is 2.31. The van der Waals surface area contributed by atoms with Crippen molar-refractivity contribution in [3.63, 3.8) is 0 Å². The topological polar surface area (TPSA) is 69.7 Å². The van der Waals surface area contributed by atoms with Gasteiger partial charge in [-0.15, -0.1) is 0 Å². The van der Waals surface area contributed by atoms with Gasteiger partial charge in [0.25, 0.3) is 0 Å². The van der Waals surface area contributed by atoms with E-state index in [4.69, 9.17) is 27.4 Å². The van der Waals surface area contributed by atoms with Crippen molar-refractivity contribution >= 4 is 39.3 Å². The highest BCUT2D eigenvalue weighted by molar-refractivity contribution is 7.87. The molecule has 0 N–H and O–H groups in total. The van der Waals surface area contributed by atoms with Crippen molar-refractivity contribution in [1.82, 2.24) is 0 Å². The molecule has 2 aromatic carbocycles. The summed E-state index contributed by atoms with van der Waals surface area (Å²) in [6, 6.07) is 10.3. The van der Waals surface area contributed by atoms with Gasteiger partial charge in [0, 0.05) is 0 Å². The van der Waals surface area contributed by atoms with Crippen LogP contribution in [0, 0.1) is 0 Å². The second kappa shape index (κ2) is 7.21. The summed E-state index contributed by atoms with van der Waals surface area (Å²) in [6.07, 6.45) is 0.0832. The number of hydrogen-bond acceptors (Lipinski definition) is 5.